The molecule has 0 radical (unpaired) electrons. The Hall–Kier alpha value is -1.67. The van der Waals surface area contributed by atoms with Crippen LogP contribution in [-0.2, 0) is 6.42 Å². The Kier molecular flexibility index (Phi) is 5.31. The van der Waals surface area contributed by atoms with E-state index >= 15 is 0 Å². The molecule has 0 amide bonds. The average molecular weight is 271 g/mol. The first-order valence-corrected chi connectivity index (χ1v) is 7.24. The Morgan fingerprint density at radius 1 is 1.05 bits per heavy atom. The SMILES string of the molecule is CCCNC(Cc1ccccc1)c1cccc(C)c1F. The van der Waals surface area contributed by atoms with Crippen molar-refractivity contribution >= 4 is 0 Å². The molecule has 1 unspecified atom stereocenters. The smallest absolute Gasteiger partial charge is 0.130 e. The number of halogens is 1. The van der Waals surface area contributed by atoms with Gasteiger partial charge in [-0.1, -0.05) is 55.5 Å². The van der Waals surface area contributed by atoms with E-state index in [0.29, 0.717) is 5.56 Å². The summed E-state index contributed by atoms with van der Waals surface area (Å²) in [7, 11) is 0. The van der Waals surface area contributed by atoms with E-state index in [1.54, 1.807) is 0 Å². The van der Waals surface area contributed by atoms with Crippen LogP contribution in [0.4, 0.5) is 4.39 Å². The van der Waals surface area contributed by atoms with Crippen LogP contribution in [0.2, 0.25) is 0 Å². The summed E-state index contributed by atoms with van der Waals surface area (Å²) in [5.41, 5.74) is 2.70. The molecular weight excluding hydrogens is 249 g/mol. The van der Waals surface area contributed by atoms with Gasteiger partial charge in [0.15, 0.2) is 0 Å². The minimum atomic E-state index is -0.0861. The maximum atomic E-state index is 14.3. The third-order valence-corrected chi connectivity index (χ3v) is 3.52. The van der Waals surface area contributed by atoms with Crippen LogP contribution in [0.25, 0.3) is 0 Å². The number of nitrogens with one attached hydrogen (secondary N) is 1. The number of aryl methyl sites for hydroxylation is 1. The molecule has 2 aromatic carbocycles. The van der Waals surface area contributed by atoms with Crippen LogP contribution in [0.1, 0.15) is 36.1 Å². The number of rotatable bonds is 6. The zero-order chi connectivity index (χ0) is 14.4. The summed E-state index contributed by atoms with van der Waals surface area (Å²) >= 11 is 0. The second-order valence-corrected chi connectivity index (χ2v) is 5.17. The predicted octanol–water partition coefficient (Wildman–Crippen LogP) is 4.42. The predicted molar refractivity (Wildman–Crippen MR) is 82.3 cm³/mol. The summed E-state index contributed by atoms with van der Waals surface area (Å²) in [6.45, 7) is 4.84. The van der Waals surface area contributed by atoms with Crippen LogP contribution in [0.5, 0.6) is 0 Å². The van der Waals surface area contributed by atoms with Gasteiger partial charge in [0, 0.05) is 11.6 Å². The monoisotopic (exact) mass is 271 g/mol. The van der Waals surface area contributed by atoms with Crippen molar-refractivity contribution < 1.29 is 4.39 Å². The van der Waals surface area contributed by atoms with Gasteiger partial charge in [0.05, 0.1) is 0 Å². The van der Waals surface area contributed by atoms with Crippen LogP contribution in [0.3, 0.4) is 0 Å². The van der Waals surface area contributed by atoms with Gasteiger partial charge in [0.2, 0.25) is 0 Å². The Morgan fingerprint density at radius 2 is 1.80 bits per heavy atom. The molecule has 0 fully saturated rings. The summed E-state index contributed by atoms with van der Waals surface area (Å²) in [4.78, 5) is 0. The number of hydrogen-bond donors (Lipinski definition) is 1. The minimum absolute atomic E-state index is 0.0252. The molecule has 1 nitrogen and oxygen atoms in total. The van der Waals surface area contributed by atoms with Crippen molar-refractivity contribution in [3.8, 4) is 0 Å². The molecule has 0 bridgehead atoms. The van der Waals surface area contributed by atoms with Gasteiger partial charge < -0.3 is 5.32 Å². The highest BCUT2D eigenvalue weighted by Gasteiger charge is 2.16. The molecule has 20 heavy (non-hydrogen) atoms. The molecule has 2 heteroatoms. The van der Waals surface area contributed by atoms with Crippen LogP contribution < -0.4 is 5.32 Å². The van der Waals surface area contributed by atoms with Crippen molar-refractivity contribution in [2.24, 2.45) is 0 Å². The van der Waals surface area contributed by atoms with Crippen molar-refractivity contribution in [2.45, 2.75) is 32.7 Å². The zero-order valence-electron chi connectivity index (χ0n) is 12.2. The van der Waals surface area contributed by atoms with Crippen molar-refractivity contribution in [3.05, 3.63) is 71.0 Å². The van der Waals surface area contributed by atoms with Gasteiger partial charge in [-0.2, -0.15) is 0 Å². The first-order chi connectivity index (χ1) is 9.72. The van der Waals surface area contributed by atoms with E-state index in [0.717, 1.165) is 24.9 Å². The minimum Gasteiger partial charge on any atom is -0.310 e. The van der Waals surface area contributed by atoms with E-state index in [-0.39, 0.29) is 11.9 Å². The topological polar surface area (TPSA) is 12.0 Å². The molecule has 0 aliphatic rings. The van der Waals surface area contributed by atoms with Gasteiger partial charge in [-0.25, -0.2) is 4.39 Å². The molecule has 0 aliphatic heterocycles. The van der Waals surface area contributed by atoms with E-state index in [1.165, 1.54) is 5.56 Å². The summed E-state index contributed by atoms with van der Waals surface area (Å²) in [6, 6.07) is 15.9. The fourth-order valence-corrected chi connectivity index (χ4v) is 2.40. The van der Waals surface area contributed by atoms with Crippen LogP contribution in [-0.4, -0.2) is 6.54 Å². The fourth-order valence-electron chi connectivity index (χ4n) is 2.40. The molecule has 106 valence electrons. The normalized spacial score (nSPS) is 12.3. The van der Waals surface area contributed by atoms with E-state index in [4.69, 9.17) is 0 Å². The lowest BCUT2D eigenvalue weighted by Gasteiger charge is -2.20. The first kappa shape index (κ1) is 14.7. The van der Waals surface area contributed by atoms with Gasteiger partial charge in [-0.05, 0) is 37.4 Å². The Bertz CT molecular complexity index is 536. The van der Waals surface area contributed by atoms with Gasteiger partial charge >= 0.3 is 0 Å². The maximum Gasteiger partial charge on any atom is 0.130 e. The molecule has 1 N–H and O–H groups in total. The number of hydrogen-bond acceptors (Lipinski definition) is 1. The number of benzene rings is 2. The van der Waals surface area contributed by atoms with Crippen LogP contribution >= 0.6 is 0 Å². The van der Waals surface area contributed by atoms with Gasteiger partial charge in [-0.3, -0.25) is 0 Å². The molecule has 0 saturated carbocycles. The Labute approximate surface area is 120 Å². The Morgan fingerprint density at radius 3 is 2.50 bits per heavy atom. The molecule has 2 rings (SSSR count). The highest BCUT2D eigenvalue weighted by molar-refractivity contribution is 5.29. The van der Waals surface area contributed by atoms with Gasteiger partial charge in [-0.15, -0.1) is 0 Å². The summed E-state index contributed by atoms with van der Waals surface area (Å²) in [5, 5.41) is 3.46. The lowest BCUT2D eigenvalue weighted by Crippen LogP contribution is -2.25. The molecule has 0 spiro atoms. The van der Waals surface area contributed by atoms with Gasteiger partial charge in [0.1, 0.15) is 5.82 Å². The second-order valence-electron chi connectivity index (χ2n) is 5.17. The van der Waals surface area contributed by atoms with Gasteiger partial charge in [0.25, 0.3) is 0 Å². The molecule has 0 aromatic heterocycles. The highest BCUT2D eigenvalue weighted by Crippen LogP contribution is 2.23. The lowest BCUT2D eigenvalue weighted by molar-refractivity contribution is 0.494. The average Bonchev–Trinajstić information content (AvgIpc) is 2.48. The molecule has 0 aliphatic carbocycles. The Balaban J connectivity index is 2.25. The fraction of sp³-hybridized carbons (Fsp3) is 0.333. The standard InChI is InChI=1S/C18H22FN/c1-3-12-20-17(13-15-9-5-4-6-10-15)16-11-7-8-14(2)18(16)19/h4-11,17,20H,3,12-13H2,1-2H3. The summed E-state index contributed by atoms with van der Waals surface area (Å²) < 4.78 is 14.3. The van der Waals surface area contributed by atoms with E-state index < -0.39 is 0 Å². The quantitative estimate of drug-likeness (QED) is 0.820. The third-order valence-electron chi connectivity index (χ3n) is 3.52. The summed E-state index contributed by atoms with van der Waals surface area (Å²) in [5.74, 6) is -0.0861. The zero-order valence-corrected chi connectivity index (χ0v) is 12.2. The van der Waals surface area contributed by atoms with E-state index in [1.807, 2.05) is 43.3 Å². The molecule has 0 saturated heterocycles. The lowest BCUT2D eigenvalue weighted by atomic mass is 9.97. The van der Waals surface area contributed by atoms with Crippen molar-refractivity contribution in [2.75, 3.05) is 6.54 Å². The highest BCUT2D eigenvalue weighted by atomic mass is 19.1. The van der Waals surface area contributed by atoms with E-state index in [2.05, 4.69) is 24.4 Å². The largest absolute Gasteiger partial charge is 0.310 e. The molecule has 0 heterocycles. The van der Waals surface area contributed by atoms with Crippen LogP contribution in [0.15, 0.2) is 48.5 Å². The van der Waals surface area contributed by atoms with Crippen molar-refractivity contribution in [1.29, 1.82) is 0 Å². The first-order valence-electron chi connectivity index (χ1n) is 7.24. The van der Waals surface area contributed by atoms with E-state index in [9.17, 15) is 4.39 Å². The summed E-state index contributed by atoms with van der Waals surface area (Å²) in [6.07, 6.45) is 1.85. The van der Waals surface area contributed by atoms with Crippen LogP contribution in [0, 0.1) is 12.7 Å². The third kappa shape index (κ3) is 3.67. The molecule has 2 aromatic rings. The molecule has 1 atom stereocenters. The maximum absolute atomic E-state index is 14.3. The molecular formula is C18H22FN. The van der Waals surface area contributed by atoms with Crippen molar-refractivity contribution in [1.82, 2.24) is 5.32 Å². The van der Waals surface area contributed by atoms with Crippen molar-refractivity contribution in [3.63, 3.8) is 0 Å². The second kappa shape index (κ2) is 7.20.